The minimum absolute atomic E-state index is 0.441. The van der Waals surface area contributed by atoms with Gasteiger partial charge in [0.25, 0.3) is 0 Å². The van der Waals surface area contributed by atoms with Crippen LogP contribution in [0, 0.1) is 47.3 Å². The summed E-state index contributed by atoms with van der Waals surface area (Å²) in [6.07, 6.45) is 9.27. The highest BCUT2D eigenvalue weighted by atomic mass is 35.5. The standard InChI is InChI=1S/C51H84Cl2N2/c1-32(2)23-40(24-33(3)4)44-19-17-20-45(41(25-34(5)6)26-35(7)8)48(44)54-31-55(51(53)50(54)52)49-46(42(27-36(9)10)28-37(11)12)21-18-22-47(49)43(29-38(13)14)30-39(15)16/h17-22,32-43H,23-31H2,1-16H3. The first kappa shape index (κ1) is 47.7. The van der Waals surface area contributed by atoms with Crippen molar-refractivity contribution >= 4 is 34.6 Å². The van der Waals surface area contributed by atoms with Crippen molar-refractivity contribution in [1.82, 2.24) is 0 Å². The third kappa shape index (κ3) is 13.7. The lowest BCUT2D eigenvalue weighted by Crippen LogP contribution is -2.31. The van der Waals surface area contributed by atoms with E-state index in [0.29, 0.717) is 88.0 Å². The summed E-state index contributed by atoms with van der Waals surface area (Å²) in [5.41, 5.74) is 8.45. The fourth-order valence-electron chi connectivity index (χ4n) is 9.88. The highest BCUT2D eigenvalue weighted by Gasteiger charge is 2.38. The first-order chi connectivity index (χ1) is 25.7. The van der Waals surface area contributed by atoms with E-state index in [1.807, 2.05) is 0 Å². The van der Waals surface area contributed by atoms with E-state index < -0.39 is 0 Å². The summed E-state index contributed by atoms with van der Waals surface area (Å²) >= 11 is 15.4. The summed E-state index contributed by atoms with van der Waals surface area (Å²) in [4.78, 5) is 4.88. The molecule has 0 atom stereocenters. The van der Waals surface area contributed by atoms with Gasteiger partial charge >= 0.3 is 0 Å². The van der Waals surface area contributed by atoms with Gasteiger partial charge in [-0.1, -0.05) is 170 Å². The van der Waals surface area contributed by atoms with E-state index in [-0.39, 0.29) is 0 Å². The Labute approximate surface area is 351 Å². The molecule has 0 amide bonds. The van der Waals surface area contributed by atoms with E-state index in [1.54, 1.807) is 0 Å². The van der Waals surface area contributed by atoms with Crippen molar-refractivity contribution in [3.05, 3.63) is 69.0 Å². The van der Waals surface area contributed by atoms with Crippen molar-refractivity contribution in [1.29, 1.82) is 0 Å². The monoisotopic (exact) mass is 795 g/mol. The molecule has 0 aliphatic carbocycles. The third-order valence-corrected chi connectivity index (χ3v) is 12.3. The number of hydrogen-bond acceptors (Lipinski definition) is 2. The van der Waals surface area contributed by atoms with E-state index in [0.717, 1.165) is 51.4 Å². The van der Waals surface area contributed by atoms with Gasteiger partial charge in [-0.25, -0.2) is 0 Å². The Hall–Kier alpha value is -1.64. The van der Waals surface area contributed by atoms with Gasteiger partial charge in [-0.2, -0.15) is 0 Å². The molecule has 1 heterocycles. The van der Waals surface area contributed by atoms with Crippen LogP contribution in [0.25, 0.3) is 0 Å². The van der Waals surface area contributed by atoms with E-state index >= 15 is 0 Å². The lowest BCUT2D eigenvalue weighted by atomic mass is 9.78. The lowest BCUT2D eigenvalue weighted by molar-refractivity contribution is 0.416. The topological polar surface area (TPSA) is 6.48 Å². The average molecular weight is 796 g/mol. The molecule has 2 aromatic rings. The Balaban J connectivity index is 2.43. The van der Waals surface area contributed by atoms with Crippen LogP contribution in [0.1, 0.15) is 208 Å². The molecular weight excluding hydrogens is 711 g/mol. The first-order valence-corrected chi connectivity index (χ1v) is 23.3. The molecule has 4 heteroatoms. The Morgan fingerprint density at radius 1 is 0.364 bits per heavy atom. The van der Waals surface area contributed by atoms with E-state index in [9.17, 15) is 0 Å². The van der Waals surface area contributed by atoms with Crippen LogP contribution in [0.15, 0.2) is 46.7 Å². The summed E-state index contributed by atoms with van der Waals surface area (Å²) in [5, 5.41) is 1.34. The summed E-state index contributed by atoms with van der Waals surface area (Å²) in [6, 6.07) is 14.4. The quantitative estimate of drug-likeness (QED) is 0.110. The maximum Gasteiger partial charge on any atom is 0.146 e. The van der Waals surface area contributed by atoms with E-state index in [1.165, 1.54) is 33.6 Å². The highest BCUT2D eigenvalue weighted by Crippen LogP contribution is 2.51. The molecular formula is C51H84Cl2N2. The molecule has 0 N–H and O–H groups in total. The zero-order valence-electron chi connectivity index (χ0n) is 38.4. The second kappa shape index (κ2) is 21.9. The number of hydrogen-bond donors (Lipinski definition) is 0. The first-order valence-electron chi connectivity index (χ1n) is 22.6. The normalized spacial score (nSPS) is 14.5. The Morgan fingerprint density at radius 2 is 0.545 bits per heavy atom. The molecule has 0 spiro atoms. The molecule has 2 nitrogen and oxygen atoms in total. The predicted molar refractivity (Wildman–Crippen MR) is 248 cm³/mol. The Morgan fingerprint density at radius 3 is 0.709 bits per heavy atom. The van der Waals surface area contributed by atoms with Crippen LogP contribution in [-0.2, 0) is 0 Å². The smallest absolute Gasteiger partial charge is 0.146 e. The fourth-order valence-corrected chi connectivity index (χ4v) is 10.4. The molecule has 2 aromatic carbocycles. The van der Waals surface area contributed by atoms with Crippen LogP contribution in [-0.4, -0.2) is 6.67 Å². The van der Waals surface area contributed by atoms with Gasteiger partial charge in [-0.15, -0.1) is 0 Å². The van der Waals surface area contributed by atoms with Crippen LogP contribution < -0.4 is 9.80 Å². The van der Waals surface area contributed by atoms with Crippen molar-refractivity contribution in [3.8, 4) is 0 Å². The van der Waals surface area contributed by atoms with Gasteiger partial charge in [0, 0.05) is 0 Å². The molecule has 1 aliphatic rings. The Kier molecular flexibility index (Phi) is 19.0. The number of para-hydroxylation sites is 2. The summed E-state index contributed by atoms with van der Waals surface area (Å²) in [6.45, 7) is 38.7. The molecule has 55 heavy (non-hydrogen) atoms. The van der Waals surface area contributed by atoms with E-state index in [2.05, 4.69) is 157 Å². The lowest BCUT2D eigenvalue weighted by Gasteiger charge is -2.36. The second-order valence-electron chi connectivity index (χ2n) is 21.0. The van der Waals surface area contributed by atoms with Gasteiger partial charge in [0.05, 0.1) is 11.4 Å². The minimum Gasteiger partial charge on any atom is -0.310 e. The van der Waals surface area contributed by atoms with Crippen LogP contribution in [0.2, 0.25) is 0 Å². The summed E-state index contributed by atoms with van der Waals surface area (Å²) < 4.78 is 0. The molecule has 0 saturated carbocycles. The van der Waals surface area contributed by atoms with Crippen LogP contribution >= 0.6 is 23.2 Å². The van der Waals surface area contributed by atoms with Crippen LogP contribution in [0.4, 0.5) is 11.4 Å². The molecule has 312 valence electrons. The summed E-state index contributed by atoms with van der Waals surface area (Å²) in [5.74, 6) is 6.54. The number of halogens is 2. The van der Waals surface area contributed by atoms with E-state index in [4.69, 9.17) is 23.2 Å². The molecule has 1 aliphatic heterocycles. The average Bonchev–Trinajstić information content (AvgIpc) is 3.33. The predicted octanol–water partition coefficient (Wildman–Crippen LogP) is 17.3. The zero-order chi connectivity index (χ0) is 41.3. The summed E-state index contributed by atoms with van der Waals surface area (Å²) in [7, 11) is 0. The van der Waals surface area contributed by atoms with Gasteiger partial charge in [0.1, 0.15) is 17.0 Å². The van der Waals surface area contributed by atoms with Crippen LogP contribution in [0.5, 0.6) is 0 Å². The molecule has 0 bridgehead atoms. The molecule has 0 saturated heterocycles. The highest BCUT2D eigenvalue weighted by molar-refractivity contribution is 6.42. The van der Waals surface area contributed by atoms with Gasteiger partial charge < -0.3 is 9.80 Å². The zero-order valence-corrected chi connectivity index (χ0v) is 39.9. The van der Waals surface area contributed by atoms with Crippen molar-refractivity contribution in [2.75, 3.05) is 16.5 Å². The molecule has 0 aromatic heterocycles. The van der Waals surface area contributed by atoms with Gasteiger partial charge in [-0.05, 0) is 145 Å². The molecule has 3 rings (SSSR count). The SMILES string of the molecule is CC(C)CC(CC(C)C)c1cccc(C(CC(C)C)CC(C)C)c1N1CN(c2c(C(CC(C)C)CC(C)C)cccc2C(CC(C)C)CC(C)C)C(Cl)=C1Cl. The number of nitrogens with zero attached hydrogens (tertiary/aromatic N) is 2. The Bertz CT molecular complexity index is 1250. The minimum atomic E-state index is 0.441. The molecule has 0 radical (unpaired) electrons. The number of benzene rings is 2. The number of anilines is 2. The van der Waals surface area contributed by atoms with Gasteiger partial charge in [-0.3, -0.25) is 0 Å². The maximum absolute atomic E-state index is 7.72. The molecule has 0 unspecified atom stereocenters. The van der Waals surface area contributed by atoms with Gasteiger partial charge in [0.15, 0.2) is 0 Å². The third-order valence-electron chi connectivity index (χ3n) is 11.5. The van der Waals surface area contributed by atoms with Crippen molar-refractivity contribution in [2.24, 2.45) is 47.3 Å². The second-order valence-corrected chi connectivity index (χ2v) is 21.7. The van der Waals surface area contributed by atoms with Crippen molar-refractivity contribution in [2.45, 2.75) is 186 Å². The van der Waals surface area contributed by atoms with Crippen LogP contribution in [0.3, 0.4) is 0 Å². The van der Waals surface area contributed by atoms with Crippen molar-refractivity contribution < 1.29 is 0 Å². The maximum atomic E-state index is 7.72. The fraction of sp³-hybridized carbons (Fsp3) is 0.725. The van der Waals surface area contributed by atoms with Gasteiger partial charge in [0.2, 0.25) is 0 Å². The van der Waals surface area contributed by atoms with Crippen molar-refractivity contribution in [3.63, 3.8) is 0 Å². The molecule has 0 fully saturated rings. The largest absolute Gasteiger partial charge is 0.310 e. The number of rotatable bonds is 22.